The molecule has 5 nitrogen and oxygen atoms in total. The van der Waals surface area contributed by atoms with Crippen LogP contribution in [0, 0.1) is 0 Å². The van der Waals surface area contributed by atoms with Crippen molar-refractivity contribution in [3.05, 3.63) is 70.9 Å². The second kappa shape index (κ2) is 8.08. The fourth-order valence-electron chi connectivity index (χ4n) is 3.30. The van der Waals surface area contributed by atoms with Gasteiger partial charge in [-0.15, -0.1) is 0 Å². The maximum atomic E-state index is 12.6. The molecule has 0 radical (unpaired) electrons. The number of carbonyl (C=O) groups is 1. The van der Waals surface area contributed by atoms with Crippen LogP contribution in [0.3, 0.4) is 0 Å². The van der Waals surface area contributed by atoms with Crippen molar-refractivity contribution in [3.63, 3.8) is 0 Å². The molecule has 0 aliphatic carbocycles. The van der Waals surface area contributed by atoms with Crippen LogP contribution in [0.4, 0.5) is 18.3 Å². The smallest absolute Gasteiger partial charge is 0.360 e. The average Bonchev–Trinajstić information content (AvgIpc) is 3.33. The van der Waals surface area contributed by atoms with Crippen molar-refractivity contribution in [2.24, 2.45) is 5.73 Å². The van der Waals surface area contributed by atoms with E-state index in [9.17, 15) is 18.0 Å². The third kappa shape index (κ3) is 4.47. The van der Waals surface area contributed by atoms with Crippen molar-refractivity contribution in [2.75, 3.05) is 11.9 Å². The lowest BCUT2D eigenvalue weighted by Crippen LogP contribution is -2.31. The summed E-state index contributed by atoms with van der Waals surface area (Å²) >= 11 is 1.48. The lowest BCUT2D eigenvalue weighted by molar-refractivity contribution is -0.137. The summed E-state index contributed by atoms with van der Waals surface area (Å²) in [6.45, 7) is 0.974. The number of nitrogens with zero attached hydrogens (tertiary/aromatic N) is 1. The van der Waals surface area contributed by atoms with Gasteiger partial charge in [0.1, 0.15) is 0 Å². The molecule has 4 rings (SSSR count). The van der Waals surface area contributed by atoms with E-state index >= 15 is 0 Å². The minimum Gasteiger partial charge on any atom is -0.360 e. The molecule has 1 aliphatic heterocycles. The molecule has 1 aliphatic rings. The first-order valence-electron chi connectivity index (χ1n) is 9.32. The van der Waals surface area contributed by atoms with Gasteiger partial charge >= 0.3 is 6.18 Å². The molecule has 0 saturated heterocycles. The standard InChI is InChI=1S/C21H19F3N4OS/c22-21(23,24)15-4-1-12(2-5-15)7-16(25)10-27-20-28-11-18(30-20)13-3-6-17-14(8-13)9-26-19(17)29/h1-6,8,11,16H,7,9-10,25H2,(H,26,29)(H,27,28)/t16-/m0/s1. The van der Waals surface area contributed by atoms with Gasteiger partial charge in [-0.25, -0.2) is 4.98 Å². The molecule has 3 aromatic rings. The number of rotatable bonds is 6. The maximum Gasteiger partial charge on any atom is 0.416 e. The van der Waals surface area contributed by atoms with Crippen LogP contribution in [0.25, 0.3) is 10.4 Å². The number of aromatic nitrogens is 1. The van der Waals surface area contributed by atoms with Gasteiger partial charge in [0.05, 0.1) is 10.4 Å². The van der Waals surface area contributed by atoms with Gasteiger partial charge in [-0.05, 0) is 47.4 Å². The Balaban J connectivity index is 1.34. The van der Waals surface area contributed by atoms with E-state index in [-0.39, 0.29) is 11.9 Å². The Kier molecular flexibility index (Phi) is 5.48. The highest BCUT2D eigenvalue weighted by Crippen LogP contribution is 2.31. The van der Waals surface area contributed by atoms with E-state index in [1.807, 2.05) is 18.2 Å². The number of fused-ring (bicyclic) bond motifs is 1. The summed E-state index contributed by atoms with van der Waals surface area (Å²) in [5.41, 5.74) is 8.87. The molecular weight excluding hydrogens is 413 g/mol. The van der Waals surface area contributed by atoms with Crippen LogP contribution in [-0.2, 0) is 19.1 Å². The summed E-state index contributed by atoms with van der Waals surface area (Å²) < 4.78 is 37.9. The Hall–Kier alpha value is -2.91. The Morgan fingerprint density at radius 1 is 1.20 bits per heavy atom. The molecule has 0 saturated carbocycles. The monoisotopic (exact) mass is 432 g/mol. The number of amides is 1. The van der Waals surface area contributed by atoms with Crippen molar-refractivity contribution in [1.82, 2.24) is 10.3 Å². The SMILES string of the molecule is N[C@H](CNc1ncc(-c2ccc3c(c2)CNC3=O)s1)Cc1ccc(C(F)(F)F)cc1. The topological polar surface area (TPSA) is 80.0 Å². The van der Waals surface area contributed by atoms with E-state index in [0.29, 0.717) is 30.2 Å². The largest absolute Gasteiger partial charge is 0.416 e. The number of nitrogens with one attached hydrogen (secondary N) is 2. The predicted molar refractivity (Wildman–Crippen MR) is 110 cm³/mol. The van der Waals surface area contributed by atoms with Crippen LogP contribution in [0.5, 0.6) is 0 Å². The number of thiazole rings is 1. The van der Waals surface area contributed by atoms with Gasteiger partial charge in [-0.1, -0.05) is 29.5 Å². The summed E-state index contributed by atoms with van der Waals surface area (Å²) in [5, 5.41) is 6.70. The minimum atomic E-state index is -4.34. The molecule has 1 atom stereocenters. The van der Waals surface area contributed by atoms with Crippen LogP contribution in [-0.4, -0.2) is 23.5 Å². The van der Waals surface area contributed by atoms with Crippen LogP contribution >= 0.6 is 11.3 Å². The summed E-state index contributed by atoms with van der Waals surface area (Å²) in [4.78, 5) is 17.0. The number of halogens is 3. The number of hydrogen-bond acceptors (Lipinski definition) is 5. The summed E-state index contributed by atoms with van der Waals surface area (Å²) in [6, 6.07) is 10.5. The fraction of sp³-hybridized carbons (Fsp3) is 0.238. The molecule has 1 amide bonds. The molecule has 2 heterocycles. The lowest BCUT2D eigenvalue weighted by atomic mass is 10.0. The Bertz CT molecular complexity index is 1060. The molecule has 1 aromatic heterocycles. The number of nitrogens with two attached hydrogens (primary N) is 1. The molecule has 30 heavy (non-hydrogen) atoms. The molecule has 9 heteroatoms. The predicted octanol–water partition coefficient (Wildman–Crippen LogP) is 4.05. The first-order chi connectivity index (χ1) is 14.3. The highest BCUT2D eigenvalue weighted by atomic mass is 32.1. The van der Waals surface area contributed by atoms with E-state index in [2.05, 4.69) is 15.6 Å². The fourth-order valence-corrected chi connectivity index (χ4v) is 4.12. The zero-order valence-electron chi connectivity index (χ0n) is 15.8. The number of hydrogen-bond donors (Lipinski definition) is 3. The zero-order valence-corrected chi connectivity index (χ0v) is 16.6. The van der Waals surface area contributed by atoms with Crippen molar-refractivity contribution in [1.29, 1.82) is 0 Å². The minimum absolute atomic E-state index is 0.0507. The quantitative estimate of drug-likeness (QED) is 0.549. The number of alkyl halides is 3. The molecule has 156 valence electrons. The molecule has 0 fully saturated rings. The second-order valence-electron chi connectivity index (χ2n) is 7.12. The molecule has 0 bridgehead atoms. The van der Waals surface area contributed by atoms with Crippen molar-refractivity contribution in [2.45, 2.75) is 25.2 Å². The first kappa shape index (κ1) is 20.4. The van der Waals surface area contributed by atoms with Gasteiger partial charge in [0.2, 0.25) is 0 Å². The van der Waals surface area contributed by atoms with Crippen molar-refractivity contribution < 1.29 is 18.0 Å². The van der Waals surface area contributed by atoms with Gasteiger partial charge in [0, 0.05) is 30.9 Å². The highest BCUT2D eigenvalue weighted by Gasteiger charge is 2.30. The zero-order chi connectivity index (χ0) is 21.3. The number of anilines is 1. The third-order valence-corrected chi connectivity index (χ3v) is 5.88. The summed E-state index contributed by atoms with van der Waals surface area (Å²) in [6.07, 6.45) is -2.12. The van der Waals surface area contributed by atoms with Crippen LogP contribution in [0.15, 0.2) is 48.7 Å². The normalized spacial score (nSPS) is 14.3. The van der Waals surface area contributed by atoms with Crippen LogP contribution in [0.1, 0.15) is 27.0 Å². The van der Waals surface area contributed by atoms with Crippen LogP contribution in [0.2, 0.25) is 0 Å². The van der Waals surface area contributed by atoms with Crippen molar-refractivity contribution in [3.8, 4) is 10.4 Å². The highest BCUT2D eigenvalue weighted by molar-refractivity contribution is 7.18. The van der Waals surface area contributed by atoms with E-state index < -0.39 is 11.7 Å². The van der Waals surface area contributed by atoms with E-state index in [1.165, 1.54) is 23.5 Å². The second-order valence-corrected chi connectivity index (χ2v) is 8.15. The van der Waals surface area contributed by atoms with Gasteiger partial charge in [0.15, 0.2) is 5.13 Å². The third-order valence-electron chi connectivity index (χ3n) is 4.87. The van der Waals surface area contributed by atoms with Crippen molar-refractivity contribution >= 4 is 22.4 Å². The van der Waals surface area contributed by atoms with Gasteiger partial charge < -0.3 is 16.4 Å². The van der Waals surface area contributed by atoms with E-state index in [0.717, 1.165) is 33.7 Å². The number of carbonyl (C=O) groups excluding carboxylic acids is 1. The Morgan fingerprint density at radius 2 is 1.97 bits per heavy atom. The van der Waals surface area contributed by atoms with E-state index in [1.54, 1.807) is 6.20 Å². The van der Waals surface area contributed by atoms with Crippen LogP contribution < -0.4 is 16.4 Å². The first-order valence-corrected chi connectivity index (χ1v) is 10.1. The molecule has 4 N–H and O–H groups in total. The number of benzene rings is 2. The lowest BCUT2D eigenvalue weighted by Gasteiger charge is -2.13. The Morgan fingerprint density at radius 3 is 2.70 bits per heavy atom. The maximum absolute atomic E-state index is 12.6. The van der Waals surface area contributed by atoms with Gasteiger partial charge in [-0.3, -0.25) is 4.79 Å². The molecule has 0 unspecified atom stereocenters. The summed E-state index contributed by atoms with van der Waals surface area (Å²) in [5.74, 6) is -0.0507. The summed E-state index contributed by atoms with van der Waals surface area (Å²) in [7, 11) is 0. The van der Waals surface area contributed by atoms with Gasteiger partial charge in [-0.2, -0.15) is 13.2 Å². The molecular formula is C21H19F3N4OS. The van der Waals surface area contributed by atoms with Gasteiger partial charge in [0.25, 0.3) is 5.91 Å². The molecule has 2 aromatic carbocycles. The average molecular weight is 432 g/mol. The van der Waals surface area contributed by atoms with E-state index in [4.69, 9.17) is 5.73 Å². The molecule has 0 spiro atoms. The Labute approximate surface area is 175 Å².